The third-order valence-electron chi connectivity index (χ3n) is 3.26. The van der Waals surface area contributed by atoms with Gasteiger partial charge in [0.1, 0.15) is 5.82 Å². The van der Waals surface area contributed by atoms with Gasteiger partial charge >= 0.3 is 0 Å². The van der Waals surface area contributed by atoms with Crippen molar-refractivity contribution in [3.63, 3.8) is 0 Å². The van der Waals surface area contributed by atoms with E-state index in [0.29, 0.717) is 17.2 Å². The van der Waals surface area contributed by atoms with Crippen molar-refractivity contribution in [1.82, 2.24) is 19.6 Å². The molecular weight excluding hydrogens is 282 g/mol. The zero-order valence-corrected chi connectivity index (χ0v) is 12.5. The number of aryl methyl sites for hydroxylation is 1. The van der Waals surface area contributed by atoms with E-state index in [0.717, 1.165) is 17.0 Å². The van der Waals surface area contributed by atoms with Gasteiger partial charge in [0, 0.05) is 30.4 Å². The molecule has 0 fully saturated rings. The molecule has 0 saturated heterocycles. The monoisotopic (exact) mass is 297 g/mol. The topological polar surface area (TPSA) is 81.4 Å². The van der Waals surface area contributed by atoms with E-state index in [-0.39, 0.29) is 5.91 Å². The zero-order chi connectivity index (χ0) is 15.7. The Labute approximate surface area is 127 Å². The lowest BCUT2D eigenvalue weighted by Gasteiger charge is -2.11. The first kappa shape index (κ1) is 14.0. The molecule has 7 nitrogen and oxygen atoms in total. The van der Waals surface area contributed by atoms with Crippen molar-refractivity contribution in [1.29, 1.82) is 0 Å². The summed E-state index contributed by atoms with van der Waals surface area (Å²) in [7, 11) is 1.57. The summed E-state index contributed by atoms with van der Waals surface area (Å²) in [5, 5.41) is 10.9. The Bertz CT molecular complexity index is 856. The van der Waals surface area contributed by atoms with Crippen LogP contribution >= 0.6 is 0 Å². The molecule has 0 aliphatic carbocycles. The number of carbonyl (C=O) groups is 1. The number of rotatable bonds is 3. The molecule has 0 radical (unpaired) electrons. The molecule has 112 valence electrons. The third kappa shape index (κ3) is 2.37. The molecule has 3 aromatic rings. The van der Waals surface area contributed by atoms with Crippen molar-refractivity contribution in [3.8, 4) is 17.0 Å². The van der Waals surface area contributed by atoms with E-state index >= 15 is 0 Å². The number of nitrogens with zero attached hydrogens (tertiary/aromatic N) is 4. The quantitative estimate of drug-likeness (QED) is 0.800. The maximum atomic E-state index is 11.4. The number of methoxy groups -OCH3 is 1. The van der Waals surface area contributed by atoms with Crippen molar-refractivity contribution in [2.45, 2.75) is 13.8 Å². The Hall–Kier alpha value is -2.96. The van der Waals surface area contributed by atoms with E-state index in [1.165, 1.54) is 6.92 Å². The molecule has 3 aromatic heterocycles. The number of pyridine rings is 2. The van der Waals surface area contributed by atoms with Crippen molar-refractivity contribution in [3.05, 3.63) is 36.4 Å². The standard InChI is InChI=1S/C15H15N5O2/c1-9-18-19-14-13(17-10(2)21)7-11(8-20(9)14)12-5-4-6-16-15(12)22-3/h4-8H,1-3H3,(H,17,21). The predicted octanol–water partition coefficient (Wildman–Crippen LogP) is 2.07. The molecule has 22 heavy (non-hydrogen) atoms. The van der Waals surface area contributed by atoms with Crippen LogP contribution in [-0.4, -0.2) is 32.6 Å². The molecule has 0 bridgehead atoms. The SMILES string of the molecule is COc1ncccc1-c1cc(NC(C)=O)c2nnc(C)n2c1. The summed E-state index contributed by atoms with van der Waals surface area (Å²) < 4.78 is 7.13. The summed E-state index contributed by atoms with van der Waals surface area (Å²) >= 11 is 0. The highest BCUT2D eigenvalue weighted by Gasteiger charge is 2.14. The first-order chi connectivity index (χ1) is 10.6. The van der Waals surface area contributed by atoms with Gasteiger partial charge in [-0.3, -0.25) is 9.20 Å². The Kier molecular flexibility index (Phi) is 3.46. The lowest BCUT2D eigenvalue weighted by atomic mass is 10.1. The number of aromatic nitrogens is 4. The van der Waals surface area contributed by atoms with Gasteiger partial charge in [0.25, 0.3) is 0 Å². The van der Waals surface area contributed by atoms with Crippen LogP contribution in [0.2, 0.25) is 0 Å². The van der Waals surface area contributed by atoms with Gasteiger partial charge in [-0.1, -0.05) is 0 Å². The number of ether oxygens (including phenoxy) is 1. The second-order valence-corrected chi connectivity index (χ2v) is 4.82. The first-order valence-electron chi connectivity index (χ1n) is 6.72. The van der Waals surface area contributed by atoms with Gasteiger partial charge in [0.15, 0.2) is 5.65 Å². The fraction of sp³-hybridized carbons (Fsp3) is 0.200. The highest BCUT2D eigenvalue weighted by Crippen LogP contribution is 2.31. The number of nitrogens with one attached hydrogen (secondary N) is 1. The van der Waals surface area contributed by atoms with Crippen LogP contribution in [0.1, 0.15) is 12.7 Å². The minimum Gasteiger partial charge on any atom is -0.481 e. The van der Waals surface area contributed by atoms with Crippen LogP contribution in [0, 0.1) is 6.92 Å². The van der Waals surface area contributed by atoms with Crippen molar-refractivity contribution < 1.29 is 9.53 Å². The fourth-order valence-corrected chi connectivity index (χ4v) is 2.31. The van der Waals surface area contributed by atoms with Gasteiger partial charge in [0.2, 0.25) is 11.8 Å². The van der Waals surface area contributed by atoms with Crippen LogP contribution in [0.25, 0.3) is 16.8 Å². The minimum absolute atomic E-state index is 0.169. The van der Waals surface area contributed by atoms with Crippen LogP contribution < -0.4 is 10.1 Å². The zero-order valence-electron chi connectivity index (χ0n) is 12.5. The van der Waals surface area contributed by atoms with E-state index < -0.39 is 0 Å². The molecule has 0 atom stereocenters. The van der Waals surface area contributed by atoms with E-state index in [4.69, 9.17) is 4.74 Å². The average Bonchev–Trinajstić information content (AvgIpc) is 2.88. The number of hydrogen-bond donors (Lipinski definition) is 1. The molecule has 0 saturated carbocycles. The lowest BCUT2D eigenvalue weighted by molar-refractivity contribution is -0.114. The largest absolute Gasteiger partial charge is 0.481 e. The van der Waals surface area contributed by atoms with Gasteiger partial charge in [-0.15, -0.1) is 10.2 Å². The van der Waals surface area contributed by atoms with Crippen molar-refractivity contribution >= 4 is 17.2 Å². The number of carbonyl (C=O) groups excluding carboxylic acids is 1. The molecule has 7 heteroatoms. The number of fused-ring (bicyclic) bond motifs is 1. The maximum Gasteiger partial charge on any atom is 0.221 e. The molecule has 0 aliphatic rings. The summed E-state index contributed by atoms with van der Waals surface area (Å²) in [4.78, 5) is 15.6. The molecule has 1 N–H and O–H groups in total. The Morgan fingerprint density at radius 3 is 2.91 bits per heavy atom. The highest BCUT2D eigenvalue weighted by molar-refractivity contribution is 5.94. The smallest absolute Gasteiger partial charge is 0.221 e. The Balaban J connectivity index is 2.26. The van der Waals surface area contributed by atoms with Gasteiger partial charge in [0.05, 0.1) is 12.8 Å². The van der Waals surface area contributed by atoms with Crippen LogP contribution in [0.15, 0.2) is 30.6 Å². The van der Waals surface area contributed by atoms with E-state index in [2.05, 4.69) is 20.5 Å². The minimum atomic E-state index is -0.169. The van der Waals surface area contributed by atoms with Crippen molar-refractivity contribution in [2.75, 3.05) is 12.4 Å². The van der Waals surface area contributed by atoms with Gasteiger partial charge in [-0.25, -0.2) is 4.98 Å². The Morgan fingerprint density at radius 2 is 2.18 bits per heavy atom. The summed E-state index contributed by atoms with van der Waals surface area (Å²) in [6.07, 6.45) is 3.56. The van der Waals surface area contributed by atoms with Crippen LogP contribution in [0.5, 0.6) is 5.88 Å². The molecule has 3 heterocycles. The van der Waals surface area contributed by atoms with Crippen LogP contribution in [0.3, 0.4) is 0 Å². The summed E-state index contributed by atoms with van der Waals surface area (Å²) in [5.41, 5.74) is 2.87. The molecule has 0 unspecified atom stereocenters. The molecule has 3 rings (SSSR count). The van der Waals surface area contributed by atoms with Gasteiger partial charge in [-0.05, 0) is 25.1 Å². The Morgan fingerprint density at radius 1 is 1.36 bits per heavy atom. The second-order valence-electron chi connectivity index (χ2n) is 4.82. The highest BCUT2D eigenvalue weighted by atomic mass is 16.5. The summed E-state index contributed by atoms with van der Waals surface area (Å²) in [6, 6.07) is 5.58. The van der Waals surface area contributed by atoms with E-state index in [1.807, 2.05) is 35.7 Å². The average molecular weight is 297 g/mol. The third-order valence-corrected chi connectivity index (χ3v) is 3.26. The normalized spacial score (nSPS) is 10.7. The summed E-state index contributed by atoms with van der Waals surface area (Å²) in [6.45, 7) is 3.30. The summed E-state index contributed by atoms with van der Waals surface area (Å²) in [5.74, 6) is 1.07. The predicted molar refractivity (Wildman–Crippen MR) is 81.8 cm³/mol. The van der Waals surface area contributed by atoms with E-state index in [1.54, 1.807) is 13.3 Å². The maximum absolute atomic E-state index is 11.4. The number of anilines is 1. The van der Waals surface area contributed by atoms with Crippen molar-refractivity contribution in [2.24, 2.45) is 0 Å². The fourth-order valence-electron chi connectivity index (χ4n) is 2.31. The molecular formula is C15H15N5O2. The van der Waals surface area contributed by atoms with E-state index in [9.17, 15) is 4.79 Å². The second kappa shape index (κ2) is 5.44. The molecule has 1 amide bonds. The molecule has 0 aromatic carbocycles. The van der Waals surface area contributed by atoms with Gasteiger partial charge in [-0.2, -0.15) is 0 Å². The van der Waals surface area contributed by atoms with Crippen LogP contribution in [0.4, 0.5) is 5.69 Å². The number of amides is 1. The van der Waals surface area contributed by atoms with Crippen LogP contribution in [-0.2, 0) is 4.79 Å². The number of hydrogen-bond acceptors (Lipinski definition) is 5. The van der Waals surface area contributed by atoms with Gasteiger partial charge < -0.3 is 10.1 Å². The molecule has 0 aliphatic heterocycles. The lowest BCUT2D eigenvalue weighted by Crippen LogP contribution is -2.08. The molecule has 0 spiro atoms. The first-order valence-corrected chi connectivity index (χ1v) is 6.72.